The second-order valence-electron chi connectivity index (χ2n) is 3.91. The molecule has 1 aromatic carbocycles. The molecule has 0 saturated heterocycles. The third-order valence-electron chi connectivity index (χ3n) is 2.38. The Bertz CT molecular complexity index is 691. The zero-order valence-corrected chi connectivity index (χ0v) is 12.4. The van der Waals surface area contributed by atoms with E-state index in [1.54, 1.807) is 18.2 Å². The zero-order chi connectivity index (χ0) is 15.6. The Morgan fingerprint density at radius 2 is 1.90 bits per heavy atom. The third kappa shape index (κ3) is 4.12. The van der Waals surface area contributed by atoms with E-state index in [0.29, 0.717) is 28.5 Å². The van der Waals surface area contributed by atoms with Crippen molar-refractivity contribution in [3.8, 4) is 0 Å². The molecular formula is C13H6Cl2F3NOS. The Hall–Kier alpha value is -1.24. The van der Waals surface area contributed by atoms with Crippen molar-refractivity contribution in [3.05, 3.63) is 57.7 Å². The van der Waals surface area contributed by atoms with Gasteiger partial charge >= 0.3 is 6.18 Å². The van der Waals surface area contributed by atoms with Crippen molar-refractivity contribution in [2.45, 2.75) is 11.2 Å². The number of thioether (sulfide) groups is 1. The first-order valence-electron chi connectivity index (χ1n) is 5.48. The van der Waals surface area contributed by atoms with Gasteiger partial charge in [-0.05, 0) is 30.0 Å². The second-order valence-corrected chi connectivity index (χ2v) is 5.71. The Kier molecular flexibility index (Phi) is 4.81. The van der Waals surface area contributed by atoms with Gasteiger partial charge in [-0.1, -0.05) is 35.3 Å². The van der Waals surface area contributed by atoms with Gasteiger partial charge in [0.05, 0.1) is 10.6 Å². The second kappa shape index (κ2) is 6.25. The number of benzene rings is 1. The predicted molar refractivity (Wildman–Crippen MR) is 75.9 cm³/mol. The fourth-order valence-corrected chi connectivity index (χ4v) is 2.57. The van der Waals surface area contributed by atoms with Crippen LogP contribution in [0.5, 0.6) is 0 Å². The summed E-state index contributed by atoms with van der Waals surface area (Å²) in [5, 5.41) is -0.251. The fourth-order valence-electron chi connectivity index (χ4n) is 1.42. The van der Waals surface area contributed by atoms with Crippen LogP contribution in [0.2, 0.25) is 10.0 Å². The van der Waals surface area contributed by atoms with Crippen molar-refractivity contribution in [2.75, 3.05) is 0 Å². The highest BCUT2D eigenvalue weighted by Crippen LogP contribution is 2.34. The van der Waals surface area contributed by atoms with Gasteiger partial charge in [0.15, 0.2) is 0 Å². The highest BCUT2D eigenvalue weighted by Gasteiger charge is 2.31. The van der Waals surface area contributed by atoms with Crippen molar-refractivity contribution in [1.82, 2.24) is 4.98 Å². The van der Waals surface area contributed by atoms with Crippen LogP contribution in [0.25, 0.3) is 0 Å². The van der Waals surface area contributed by atoms with Crippen LogP contribution in [0.4, 0.5) is 13.2 Å². The first-order chi connectivity index (χ1) is 9.77. The van der Waals surface area contributed by atoms with Gasteiger partial charge in [-0.3, -0.25) is 4.79 Å². The maximum Gasteiger partial charge on any atom is 0.417 e. The average molecular weight is 352 g/mol. The first-order valence-corrected chi connectivity index (χ1v) is 7.05. The minimum Gasteiger partial charge on any atom is -0.281 e. The Labute approximate surface area is 132 Å². The lowest BCUT2D eigenvalue weighted by Gasteiger charge is -2.08. The van der Waals surface area contributed by atoms with Crippen LogP contribution in [-0.2, 0) is 6.18 Å². The van der Waals surface area contributed by atoms with Gasteiger partial charge in [-0.15, -0.1) is 0 Å². The summed E-state index contributed by atoms with van der Waals surface area (Å²) >= 11 is 12.1. The number of carbonyl (C=O) groups excluding carboxylic acids is 1. The molecule has 0 spiro atoms. The lowest BCUT2D eigenvalue weighted by molar-refractivity contribution is -0.137. The lowest BCUT2D eigenvalue weighted by Crippen LogP contribution is -2.06. The summed E-state index contributed by atoms with van der Waals surface area (Å²) in [5.74, 6) is 0. The molecule has 0 aliphatic carbocycles. The first kappa shape index (κ1) is 16.1. The largest absolute Gasteiger partial charge is 0.417 e. The maximum atomic E-state index is 12.5. The van der Waals surface area contributed by atoms with E-state index in [0.717, 1.165) is 6.07 Å². The van der Waals surface area contributed by atoms with Crippen molar-refractivity contribution >= 4 is 40.1 Å². The van der Waals surface area contributed by atoms with Gasteiger partial charge in [-0.25, -0.2) is 4.98 Å². The monoisotopic (exact) mass is 351 g/mol. The smallest absolute Gasteiger partial charge is 0.281 e. The average Bonchev–Trinajstić information content (AvgIpc) is 2.39. The van der Waals surface area contributed by atoms with Crippen LogP contribution in [0.15, 0.2) is 41.6 Å². The van der Waals surface area contributed by atoms with E-state index in [1.807, 2.05) is 0 Å². The van der Waals surface area contributed by atoms with Gasteiger partial charge < -0.3 is 0 Å². The van der Waals surface area contributed by atoms with Crippen molar-refractivity contribution in [1.29, 1.82) is 0 Å². The molecule has 21 heavy (non-hydrogen) atoms. The Balaban J connectivity index is 2.22. The molecule has 0 N–H and O–H groups in total. The molecule has 0 bridgehead atoms. The molecule has 0 saturated carbocycles. The van der Waals surface area contributed by atoms with Crippen LogP contribution in [-0.4, -0.2) is 10.1 Å². The molecule has 2 aromatic rings. The molecule has 0 aliphatic heterocycles. The predicted octanol–water partition coefficient (Wildman–Crippen LogP) is 5.34. The molecular weight excluding hydrogens is 346 g/mol. The van der Waals surface area contributed by atoms with Crippen molar-refractivity contribution in [2.24, 2.45) is 0 Å². The molecule has 1 aromatic heterocycles. The number of hydrogen-bond donors (Lipinski definition) is 0. The third-order valence-corrected chi connectivity index (χ3v) is 3.96. The van der Waals surface area contributed by atoms with Gasteiger partial charge in [0.25, 0.3) is 0 Å². The molecule has 0 fully saturated rings. The topological polar surface area (TPSA) is 30.0 Å². The Morgan fingerprint density at radius 1 is 1.19 bits per heavy atom. The number of hydrogen-bond acceptors (Lipinski definition) is 3. The molecule has 0 atom stereocenters. The van der Waals surface area contributed by atoms with Crippen LogP contribution in [0.3, 0.4) is 0 Å². The lowest BCUT2D eigenvalue weighted by atomic mass is 10.2. The standard InChI is InChI=1S/C13H6Cl2F3NOS/c14-9-3-1-2-7(4-9)12(20)21-11-10(15)5-8(6-19-11)13(16,17)18/h1-6H. The van der Waals surface area contributed by atoms with Crippen LogP contribution in [0.1, 0.15) is 15.9 Å². The molecule has 0 radical (unpaired) electrons. The fraction of sp³-hybridized carbons (Fsp3) is 0.0769. The van der Waals surface area contributed by atoms with E-state index in [2.05, 4.69) is 4.98 Å². The Morgan fingerprint density at radius 3 is 2.48 bits per heavy atom. The zero-order valence-electron chi connectivity index (χ0n) is 10.1. The van der Waals surface area contributed by atoms with E-state index in [-0.39, 0.29) is 10.0 Å². The summed E-state index contributed by atoms with van der Waals surface area (Å²) in [6, 6.07) is 6.93. The van der Waals surface area contributed by atoms with E-state index in [4.69, 9.17) is 23.2 Å². The highest BCUT2D eigenvalue weighted by atomic mass is 35.5. The van der Waals surface area contributed by atoms with Crippen LogP contribution < -0.4 is 0 Å². The molecule has 0 aliphatic rings. The van der Waals surface area contributed by atoms with Crippen molar-refractivity contribution in [3.63, 3.8) is 0 Å². The number of aromatic nitrogens is 1. The summed E-state index contributed by atoms with van der Waals surface area (Å²) < 4.78 is 37.5. The summed E-state index contributed by atoms with van der Waals surface area (Å²) in [4.78, 5) is 15.6. The summed E-state index contributed by atoms with van der Waals surface area (Å²) in [7, 11) is 0. The normalized spacial score (nSPS) is 11.5. The number of alkyl halides is 3. The summed E-state index contributed by atoms with van der Waals surface area (Å²) in [6.45, 7) is 0. The van der Waals surface area contributed by atoms with Gasteiger partial charge in [0.1, 0.15) is 5.03 Å². The number of pyridine rings is 1. The number of carbonyl (C=O) groups is 1. The van der Waals surface area contributed by atoms with E-state index in [9.17, 15) is 18.0 Å². The molecule has 0 unspecified atom stereocenters. The summed E-state index contributed by atoms with van der Waals surface area (Å²) in [6.07, 6.45) is -3.89. The van der Waals surface area contributed by atoms with Crippen LogP contribution >= 0.6 is 35.0 Å². The molecule has 2 nitrogen and oxygen atoms in total. The van der Waals surface area contributed by atoms with Gasteiger partial charge in [0.2, 0.25) is 5.12 Å². The van der Waals surface area contributed by atoms with E-state index < -0.39 is 16.9 Å². The van der Waals surface area contributed by atoms with E-state index in [1.165, 1.54) is 6.07 Å². The van der Waals surface area contributed by atoms with Gasteiger partial charge in [0, 0.05) is 16.8 Å². The van der Waals surface area contributed by atoms with Gasteiger partial charge in [-0.2, -0.15) is 13.2 Å². The van der Waals surface area contributed by atoms with Crippen molar-refractivity contribution < 1.29 is 18.0 Å². The quantitative estimate of drug-likeness (QED) is 0.684. The summed E-state index contributed by atoms with van der Waals surface area (Å²) in [5.41, 5.74) is -0.655. The minimum absolute atomic E-state index is 0.00893. The SMILES string of the molecule is O=C(Sc1ncc(C(F)(F)F)cc1Cl)c1cccc(Cl)c1. The molecule has 8 heteroatoms. The van der Waals surface area contributed by atoms with Crippen LogP contribution in [0, 0.1) is 0 Å². The van der Waals surface area contributed by atoms with E-state index >= 15 is 0 Å². The number of halogens is 5. The maximum absolute atomic E-state index is 12.5. The minimum atomic E-state index is -4.53. The highest BCUT2D eigenvalue weighted by molar-refractivity contribution is 8.14. The number of nitrogens with zero attached hydrogens (tertiary/aromatic N) is 1. The molecule has 0 amide bonds. The molecule has 2 rings (SSSR count). The number of rotatable bonds is 2. The molecule has 1 heterocycles. The molecule has 110 valence electrons.